The summed E-state index contributed by atoms with van der Waals surface area (Å²) in [5.41, 5.74) is 0. The van der Waals surface area contributed by atoms with Crippen molar-refractivity contribution in [3.05, 3.63) is 30.3 Å². The molecule has 1 atom stereocenters. The second-order valence-corrected chi connectivity index (χ2v) is 8.14. The number of thioether (sulfide) groups is 1. The summed E-state index contributed by atoms with van der Waals surface area (Å²) in [7, 11) is 0. The first-order chi connectivity index (χ1) is 12.8. The van der Waals surface area contributed by atoms with Gasteiger partial charge in [0.05, 0.1) is 5.75 Å². The highest BCUT2D eigenvalue weighted by molar-refractivity contribution is 8.00. The van der Waals surface area contributed by atoms with Gasteiger partial charge < -0.3 is 4.74 Å². The normalized spacial score (nSPS) is 12.1. The predicted molar refractivity (Wildman–Crippen MR) is 114 cm³/mol. The Morgan fingerprint density at radius 3 is 2.04 bits per heavy atom. The molecule has 0 heterocycles. The third-order valence-electron chi connectivity index (χ3n) is 4.73. The van der Waals surface area contributed by atoms with Crippen LogP contribution in [-0.4, -0.2) is 17.8 Å². The van der Waals surface area contributed by atoms with Crippen molar-refractivity contribution < 1.29 is 9.53 Å². The van der Waals surface area contributed by atoms with Gasteiger partial charge in [-0.3, -0.25) is 4.79 Å². The lowest BCUT2D eigenvalue weighted by atomic mass is 10.0. The van der Waals surface area contributed by atoms with Gasteiger partial charge in [0, 0.05) is 4.90 Å². The molecule has 148 valence electrons. The van der Waals surface area contributed by atoms with E-state index in [0.29, 0.717) is 5.75 Å². The van der Waals surface area contributed by atoms with Crippen LogP contribution in [0.25, 0.3) is 0 Å². The maximum absolute atomic E-state index is 12.0. The van der Waals surface area contributed by atoms with Crippen LogP contribution in [0.5, 0.6) is 0 Å². The Kier molecular flexibility index (Phi) is 14.4. The van der Waals surface area contributed by atoms with E-state index in [1.54, 1.807) is 11.8 Å². The Hall–Kier alpha value is -0.960. The second-order valence-electron chi connectivity index (χ2n) is 7.09. The molecule has 0 fully saturated rings. The van der Waals surface area contributed by atoms with Crippen molar-refractivity contribution in [3.8, 4) is 0 Å². The number of carbonyl (C=O) groups is 1. The van der Waals surface area contributed by atoms with Crippen LogP contribution in [0.3, 0.4) is 0 Å². The Balaban J connectivity index is 2.01. The average molecular weight is 379 g/mol. The van der Waals surface area contributed by atoms with E-state index in [4.69, 9.17) is 4.74 Å². The first-order valence-electron chi connectivity index (χ1n) is 10.6. The molecule has 0 aliphatic rings. The summed E-state index contributed by atoms with van der Waals surface area (Å²) in [5, 5.41) is 0. The largest absolute Gasteiger partial charge is 0.462 e. The van der Waals surface area contributed by atoms with Crippen molar-refractivity contribution in [2.75, 3.05) is 5.75 Å². The number of esters is 1. The van der Waals surface area contributed by atoms with Crippen LogP contribution in [-0.2, 0) is 9.53 Å². The topological polar surface area (TPSA) is 26.3 Å². The molecule has 26 heavy (non-hydrogen) atoms. The van der Waals surface area contributed by atoms with Gasteiger partial charge in [0.25, 0.3) is 0 Å². The van der Waals surface area contributed by atoms with Gasteiger partial charge in [0.2, 0.25) is 0 Å². The highest BCUT2D eigenvalue weighted by atomic mass is 32.2. The fourth-order valence-corrected chi connectivity index (χ4v) is 3.79. The number of unbranched alkanes of at least 4 members (excludes halogenated alkanes) is 9. The third-order valence-corrected chi connectivity index (χ3v) is 5.72. The zero-order valence-corrected chi connectivity index (χ0v) is 17.7. The smallest absolute Gasteiger partial charge is 0.316 e. The van der Waals surface area contributed by atoms with Gasteiger partial charge >= 0.3 is 5.97 Å². The minimum absolute atomic E-state index is 0.0854. The summed E-state index contributed by atoms with van der Waals surface area (Å²) < 4.78 is 5.64. The van der Waals surface area contributed by atoms with E-state index >= 15 is 0 Å². The highest BCUT2D eigenvalue weighted by Crippen LogP contribution is 2.19. The van der Waals surface area contributed by atoms with Crippen LogP contribution in [0.2, 0.25) is 0 Å². The maximum atomic E-state index is 12.0. The van der Waals surface area contributed by atoms with E-state index in [2.05, 4.69) is 13.8 Å². The molecule has 3 heteroatoms. The molecule has 0 aliphatic heterocycles. The van der Waals surface area contributed by atoms with Crippen LogP contribution < -0.4 is 0 Å². The Morgan fingerprint density at radius 2 is 1.46 bits per heavy atom. The lowest BCUT2D eigenvalue weighted by Crippen LogP contribution is -2.18. The summed E-state index contributed by atoms with van der Waals surface area (Å²) in [4.78, 5) is 13.1. The van der Waals surface area contributed by atoms with Gasteiger partial charge in [-0.05, 0) is 31.4 Å². The lowest BCUT2D eigenvalue weighted by Gasteiger charge is -2.16. The van der Waals surface area contributed by atoms with Gasteiger partial charge in [-0.25, -0.2) is 0 Å². The quantitative estimate of drug-likeness (QED) is 0.170. The van der Waals surface area contributed by atoms with Crippen molar-refractivity contribution in [3.63, 3.8) is 0 Å². The molecule has 0 N–H and O–H groups in total. The van der Waals surface area contributed by atoms with Gasteiger partial charge in [-0.15, -0.1) is 11.8 Å². The molecular weight excluding hydrogens is 340 g/mol. The monoisotopic (exact) mass is 378 g/mol. The van der Waals surface area contributed by atoms with E-state index < -0.39 is 0 Å². The number of hydrogen-bond donors (Lipinski definition) is 0. The minimum atomic E-state index is -0.0854. The molecule has 0 aliphatic carbocycles. The van der Waals surface area contributed by atoms with Crippen LogP contribution in [0.15, 0.2) is 35.2 Å². The van der Waals surface area contributed by atoms with Crippen molar-refractivity contribution in [2.45, 2.75) is 102 Å². The predicted octanol–water partition coefficient (Wildman–Crippen LogP) is 7.41. The van der Waals surface area contributed by atoms with Gasteiger partial charge in [0.15, 0.2) is 0 Å². The summed E-state index contributed by atoms with van der Waals surface area (Å²) in [6, 6.07) is 10.0. The van der Waals surface area contributed by atoms with Crippen molar-refractivity contribution >= 4 is 17.7 Å². The van der Waals surface area contributed by atoms with Crippen molar-refractivity contribution in [1.29, 1.82) is 0 Å². The van der Waals surface area contributed by atoms with Crippen LogP contribution in [0, 0.1) is 0 Å². The van der Waals surface area contributed by atoms with Crippen molar-refractivity contribution in [2.24, 2.45) is 0 Å². The van der Waals surface area contributed by atoms with Crippen LogP contribution >= 0.6 is 11.8 Å². The highest BCUT2D eigenvalue weighted by Gasteiger charge is 2.12. The average Bonchev–Trinajstić information content (AvgIpc) is 2.67. The van der Waals surface area contributed by atoms with Crippen molar-refractivity contribution in [1.82, 2.24) is 0 Å². The second kappa shape index (κ2) is 16.2. The molecule has 0 spiro atoms. The summed E-state index contributed by atoms with van der Waals surface area (Å²) in [5.74, 6) is 0.316. The molecule has 0 amide bonds. The zero-order valence-electron chi connectivity index (χ0n) is 16.9. The molecular formula is C23H38O2S. The fraction of sp³-hybridized carbons (Fsp3) is 0.696. The summed E-state index contributed by atoms with van der Waals surface area (Å²) in [6.07, 6.45) is 15.4. The van der Waals surface area contributed by atoms with Crippen LogP contribution in [0.4, 0.5) is 0 Å². The number of rotatable bonds is 16. The van der Waals surface area contributed by atoms with E-state index in [1.807, 2.05) is 30.3 Å². The standard InChI is InChI=1S/C23H38O2S/c1-3-5-6-7-8-9-10-11-12-14-17-21(4-2)25-23(24)20-26-22-18-15-13-16-19-22/h13,15-16,18-19,21H,3-12,14,17,20H2,1-2H3. The van der Waals surface area contributed by atoms with Crippen LogP contribution in [0.1, 0.15) is 90.9 Å². The third kappa shape index (κ3) is 12.4. The number of carbonyl (C=O) groups excluding carboxylic acids is 1. The molecule has 0 saturated carbocycles. The molecule has 0 radical (unpaired) electrons. The first-order valence-corrected chi connectivity index (χ1v) is 11.6. The van der Waals surface area contributed by atoms with E-state index in [-0.39, 0.29) is 12.1 Å². The molecule has 2 nitrogen and oxygen atoms in total. The fourth-order valence-electron chi connectivity index (χ4n) is 3.08. The van der Waals surface area contributed by atoms with Gasteiger partial charge in [-0.2, -0.15) is 0 Å². The number of hydrogen-bond acceptors (Lipinski definition) is 3. The molecule has 1 rings (SSSR count). The first kappa shape index (κ1) is 23.1. The van der Waals surface area contributed by atoms with Gasteiger partial charge in [0.1, 0.15) is 6.10 Å². The van der Waals surface area contributed by atoms with E-state index in [0.717, 1.165) is 17.7 Å². The SMILES string of the molecule is CCCCCCCCCCCCC(CC)OC(=O)CSc1ccccc1. The minimum Gasteiger partial charge on any atom is -0.462 e. The van der Waals surface area contributed by atoms with E-state index in [9.17, 15) is 4.79 Å². The number of ether oxygens (including phenoxy) is 1. The molecule has 0 aromatic heterocycles. The molecule has 1 aromatic rings. The molecule has 1 aromatic carbocycles. The maximum Gasteiger partial charge on any atom is 0.316 e. The zero-order chi connectivity index (χ0) is 18.9. The summed E-state index contributed by atoms with van der Waals surface area (Å²) in [6.45, 7) is 4.38. The van der Waals surface area contributed by atoms with Gasteiger partial charge in [-0.1, -0.05) is 89.8 Å². The lowest BCUT2D eigenvalue weighted by molar-refractivity contribution is -0.146. The van der Waals surface area contributed by atoms with E-state index in [1.165, 1.54) is 64.2 Å². The molecule has 0 saturated heterocycles. The Bertz CT molecular complexity index is 447. The Labute approximate surface area is 165 Å². The summed E-state index contributed by atoms with van der Waals surface area (Å²) >= 11 is 1.55. The molecule has 1 unspecified atom stereocenters. The Morgan fingerprint density at radius 1 is 0.885 bits per heavy atom. The number of benzene rings is 1. The molecule has 0 bridgehead atoms.